The van der Waals surface area contributed by atoms with Crippen molar-refractivity contribution in [3.05, 3.63) is 40.3 Å². The number of pyridine rings is 1. The number of morpholine rings is 1. The molecule has 0 spiro atoms. The van der Waals surface area contributed by atoms with E-state index in [-0.39, 0.29) is 0 Å². The van der Waals surface area contributed by atoms with E-state index in [9.17, 15) is 0 Å². The van der Waals surface area contributed by atoms with Crippen LogP contribution in [0.15, 0.2) is 24.3 Å². The topological polar surface area (TPSA) is 99.3 Å². The third-order valence-corrected chi connectivity index (χ3v) is 7.50. The lowest BCUT2D eigenvalue weighted by Crippen LogP contribution is -2.36. The van der Waals surface area contributed by atoms with Crippen molar-refractivity contribution in [1.29, 1.82) is 5.41 Å². The van der Waals surface area contributed by atoms with Crippen LogP contribution in [0.2, 0.25) is 0 Å². The molecule has 2 aromatic heterocycles. The quantitative estimate of drug-likeness (QED) is 0.362. The summed E-state index contributed by atoms with van der Waals surface area (Å²) in [5, 5.41) is 16.3. The maximum Gasteiger partial charge on any atom is 0.147 e. The van der Waals surface area contributed by atoms with Gasteiger partial charge in [-0.25, -0.2) is 4.98 Å². The molecule has 2 aliphatic heterocycles. The maximum atomic E-state index is 7.93. The first-order valence-corrected chi connectivity index (χ1v) is 12.2. The molecule has 32 heavy (non-hydrogen) atoms. The van der Waals surface area contributed by atoms with Crippen LogP contribution in [-0.2, 0) is 17.7 Å². The van der Waals surface area contributed by atoms with Gasteiger partial charge in [-0.1, -0.05) is 12.1 Å². The molecule has 2 aliphatic rings. The monoisotopic (exact) mass is 450 g/mol. The van der Waals surface area contributed by atoms with E-state index in [1.807, 2.05) is 29.5 Å². The van der Waals surface area contributed by atoms with E-state index in [4.69, 9.17) is 20.9 Å². The number of nitrogens with zero attached hydrogens (tertiary/aromatic N) is 2. The summed E-state index contributed by atoms with van der Waals surface area (Å²) in [6, 6.07) is 8.02. The maximum absolute atomic E-state index is 7.93. The van der Waals surface area contributed by atoms with Gasteiger partial charge in [0.25, 0.3) is 0 Å². The zero-order valence-corrected chi connectivity index (χ0v) is 19.1. The molecule has 5 rings (SSSR count). The second-order valence-corrected chi connectivity index (χ2v) is 9.40. The molecule has 0 unspecified atom stereocenters. The Bertz CT molecular complexity index is 1120. The van der Waals surface area contributed by atoms with Crippen molar-refractivity contribution in [3.63, 3.8) is 0 Å². The standard InChI is InChI=1S/C24H30N6OS/c25-14-19-16(3-1-5-20(19)26)21-13-18-17-4-2-6-27-7-8-28-15-22(17)32-23(18)24(29-21)30-9-11-31-12-10-30/h1,3,5,13-14,25,27-28H,2,4,6-12,15,26H2. The van der Waals surface area contributed by atoms with Gasteiger partial charge >= 0.3 is 0 Å². The lowest BCUT2D eigenvalue weighted by molar-refractivity contribution is 0.122. The molecule has 0 saturated carbocycles. The first kappa shape index (κ1) is 21.3. The summed E-state index contributed by atoms with van der Waals surface area (Å²) < 4.78 is 6.87. The molecule has 3 aromatic rings. The highest BCUT2D eigenvalue weighted by Gasteiger charge is 2.23. The lowest BCUT2D eigenvalue weighted by Gasteiger charge is -2.28. The van der Waals surface area contributed by atoms with Crippen molar-refractivity contribution in [2.75, 3.05) is 56.6 Å². The molecule has 1 saturated heterocycles. The van der Waals surface area contributed by atoms with Gasteiger partial charge in [-0.3, -0.25) is 0 Å². The summed E-state index contributed by atoms with van der Waals surface area (Å²) in [5.41, 5.74) is 10.8. The number of nitrogens with one attached hydrogen (secondary N) is 3. The molecule has 0 aliphatic carbocycles. The van der Waals surface area contributed by atoms with Crippen molar-refractivity contribution < 1.29 is 4.74 Å². The second-order valence-electron chi connectivity index (χ2n) is 8.29. The van der Waals surface area contributed by atoms with Crippen molar-refractivity contribution in [3.8, 4) is 11.3 Å². The van der Waals surface area contributed by atoms with Gasteiger partial charge in [0.15, 0.2) is 0 Å². The Kier molecular flexibility index (Phi) is 6.36. The number of ether oxygens (including phenoxy) is 1. The molecule has 1 fully saturated rings. The number of hydrogen-bond acceptors (Lipinski definition) is 8. The summed E-state index contributed by atoms with van der Waals surface area (Å²) in [5.74, 6) is 1.03. The van der Waals surface area contributed by atoms with E-state index in [1.165, 1.54) is 26.7 Å². The van der Waals surface area contributed by atoms with Crippen LogP contribution >= 0.6 is 11.3 Å². The highest BCUT2D eigenvalue weighted by atomic mass is 32.1. The summed E-state index contributed by atoms with van der Waals surface area (Å²) in [7, 11) is 0. The fourth-order valence-electron chi connectivity index (χ4n) is 4.59. The number of aromatic nitrogens is 1. The minimum absolute atomic E-state index is 0.607. The number of nitrogen functional groups attached to an aromatic ring is 1. The van der Waals surface area contributed by atoms with Gasteiger partial charge in [0, 0.05) is 66.0 Å². The van der Waals surface area contributed by atoms with E-state index < -0.39 is 0 Å². The Morgan fingerprint density at radius 3 is 2.84 bits per heavy atom. The predicted octanol–water partition coefficient (Wildman–Crippen LogP) is 3.01. The molecule has 0 radical (unpaired) electrons. The number of hydrogen-bond donors (Lipinski definition) is 4. The summed E-state index contributed by atoms with van der Waals surface area (Å²) in [6.45, 7) is 7.01. The highest BCUT2D eigenvalue weighted by Crippen LogP contribution is 2.41. The first-order chi connectivity index (χ1) is 15.8. The number of fused-ring (bicyclic) bond motifs is 3. The smallest absolute Gasteiger partial charge is 0.147 e. The Balaban J connectivity index is 1.71. The van der Waals surface area contributed by atoms with Crippen molar-refractivity contribution >= 4 is 39.1 Å². The molecular formula is C24H30N6OS. The van der Waals surface area contributed by atoms with Crippen LogP contribution in [0.5, 0.6) is 0 Å². The number of anilines is 2. The van der Waals surface area contributed by atoms with Crippen LogP contribution in [0.3, 0.4) is 0 Å². The van der Waals surface area contributed by atoms with Gasteiger partial charge in [0.2, 0.25) is 0 Å². The van der Waals surface area contributed by atoms with Crippen LogP contribution in [0.1, 0.15) is 22.4 Å². The van der Waals surface area contributed by atoms with E-state index in [1.54, 1.807) is 0 Å². The number of aryl methyl sites for hydroxylation is 1. The minimum atomic E-state index is 0.607. The molecule has 8 heteroatoms. The second kappa shape index (κ2) is 9.54. The molecule has 0 atom stereocenters. The number of rotatable bonds is 3. The number of nitrogens with two attached hydrogens (primary N) is 1. The molecule has 0 bridgehead atoms. The normalized spacial score (nSPS) is 17.8. The summed E-state index contributed by atoms with van der Waals surface area (Å²) in [4.78, 5) is 8.92. The highest BCUT2D eigenvalue weighted by molar-refractivity contribution is 7.19. The third kappa shape index (κ3) is 4.11. The average molecular weight is 451 g/mol. The summed E-state index contributed by atoms with van der Waals surface area (Å²) in [6.07, 6.45) is 3.50. The Labute approximate surface area is 192 Å². The van der Waals surface area contributed by atoms with Gasteiger partial charge in [0.05, 0.1) is 23.6 Å². The van der Waals surface area contributed by atoms with Gasteiger partial charge in [0.1, 0.15) is 5.82 Å². The van der Waals surface area contributed by atoms with Gasteiger partial charge < -0.3 is 31.4 Å². The van der Waals surface area contributed by atoms with Gasteiger partial charge in [-0.15, -0.1) is 11.3 Å². The van der Waals surface area contributed by atoms with Crippen LogP contribution in [-0.4, -0.2) is 57.1 Å². The third-order valence-electron chi connectivity index (χ3n) is 6.26. The molecule has 0 amide bonds. The van der Waals surface area contributed by atoms with Crippen molar-refractivity contribution in [2.24, 2.45) is 0 Å². The molecule has 1 aromatic carbocycles. The number of thiophene rings is 1. The molecule has 5 N–H and O–H groups in total. The van der Waals surface area contributed by atoms with Crippen LogP contribution < -0.4 is 21.3 Å². The summed E-state index contributed by atoms with van der Waals surface area (Å²) >= 11 is 1.88. The van der Waals surface area contributed by atoms with Gasteiger partial charge in [-0.2, -0.15) is 0 Å². The van der Waals surface area contributed by atoms with Crippen LogP contribution in [0.4, 0.5) is 11.5 Å². The largest absolute Gasteiger partial charge is 0.398 e. The fraction of sp³-hybridized carbons (Fsp3) is 0.417. The molecular weight excluding hydrogens is 420 g/mol. The number of benzene rings is 1. The predicted molar refractivity (Wildman–Crippen MR) is 133 cm³/mol. The SMILES string of the molecule is N=Cc1c(N)cccc1-c1cc2c3c(sc2c(N2CCOCC2)n1)CNCCNCCC3. The van der Waals surface area contributed by atoms with E-state index in [2.05, 4.69) is 21.6 Å². The zero-order valence-electron chi connectivity index (χ0n) is 18.2. The Morgan fingerprint density at radius 2 is 2.00 bits per heavy atom. The molecule has 168 valence electrons. The van der Waals surface area contributed by atoms with E-state index in [0.717, 1.165) is 88.0 Å². The van der Waals surface area contributed by atoms with Crippen LogP contribution in [0, 0.1) is 5.41 Å². The van der Waals surface area contributed by atoms with E-state index in [0.29, 0.717) is 5.69 Å². The van der Waals surface area contributed by atoms with Crippen molar-refractivity contribution in [1.82, 2.24) is 15.6 Å². The zero-order chi connectivity index (χ0) is 21.9. The fourth-order valence-corrected chi connectivity index (χ4v) is 5.90. The molecule has 4 heterocycles. The molecule has 7 nitrogen and oxygen atoms in total. The van der Waals surface area contributed by atoms with Crippen molar-refractivity contribution in [2.45, 2.75) is 19.4 Å². The Hall–Kier alpha value is -2.52. The lowest BCUT2D eigenvalue weighted by atomic mass is 9.99. The first-order valence-electron chi connectivity index (χ1n) is 11.3. The van der Waals surface area contributed by atoms with Gasteiger partial charge in [-0.05, 0) is 37.1 Å². The minimum Gasteiger partial charge on any atom is -0.398 e. The average Bonchev–Trinajstić information content (AvgIpc) is 3.18. The Morgan fingerprint density at radius 1 is 1.16 bits per heavy atom. The van der Waals surface area contributed by atoms with E-state index >= 15 is 0 Å². The van der Waals surface area contributed by atoms with Crippen LogP contribution in [0.25, 0.3) is 21.3 Å².